The predicted molar refractivity (Wildman–Crippen MR) is 118 cm³/mol. The molecule has 1 amide bonds. The van der Waals surface area contributed by atoms with E-state index in [9.17, 15) is 4.79 Å². The lowest BCUT2D eigenvalue weighted by molar-refractivity contribution is 0.0950. The van der Waals surface area contributed by atoms with Gasteiger partial charge in [0.05, 0.1) is 18.5 Å². The van der Waals surface area contributed by atoms with Crippen molar-refractivity contribution in [1.29, 1.82) is 0 Å². The number of aromatic nitrogens is 3. The number of benzene rings is 2. The number of hydrazone groups is 1. The summed E-state index contributed by atoms with van der Waals surface area (Å²) in [6.07, 6.45) is 5.60. The highest BCUT2D eigenvalue weighted by Crippen LogP contribution is 2.21. The molecular weight excluding hydrogens is 378 g/mol. The van der Waals surface area contributed by atoms with Gasteiger partial charge in [-0.05, 0) is 42.8 Å². The number of H-pyrrole nitrogens is 2. The van der Waals surface area contributed by atoms with Gasteiger partial charge in [0, 0.05) is 28.2 Å². The summed E-state index contributed by atoms with van der Waals surface area (Å²) in [6, 6.07) is 17.3. The summed E-state index contributed by atoms with van der Waals surface area (Å²) < 4.78 is 5.67. The number of para-hydroxylation sites is 1. The second-order valence-electron chi connectivity index (χ2n) is 6.88. The molecule has 30 heavy (non-hydrogen) atoms. The van der Waals surface area contributed by atoms with Crippen LogP contribution in [0.25, 0.3) is 22.2 Å². The number of ether oxygens (including phenoxy) is 1. The average molecular weight is 401 g/mol. The normalized spacial score (nSPS) is 11.2. The van der Waals surface area contributed by atoms with Crippen molar-refractivity contribution in [2.45, 2.75) is 19.8 Å². The molecule has 0 spiro atoms. The molecule has 0 aliphatic heterocycles. The molecule has 2 aromatic carbocycles. The third kappa shape index (κ3) is 4.41. The van der Waals surface area contributed by atoms with Gasteiger partial charge in [0.2, 0.25) is 0 Å². The number of amides is 1. The number of hydrogen-bond donors (Lipinski definition) is 3. The zero-order chi connectivity index (χ0) is 20.8. The standard InChI is InChI=1S/C23H23N5O2/c1-2-3-12-30-18-10-8-16(9-11-18)21-13-22(27-26-21)23(29)28-25-15-17-14-24-20-7-5-4-6-19(17)20/h4-11,13-15,24H,2-3,12H2,1H3,(H,26,27)(H,28,29). The molecule has 0 aliphatic carbocycles. The Labute approximate surface area is 174 Å². The first-order valence-electron chi connectivity index (χ1n) is 9.93. The largest absolute Gasteiger partial charge is 0.494 e. The first-order chi connectivity index (χ1) is 14.7. The van der Waals surface area contributed by atoms with E-state index in [0.717, 1.165) is 40.6 Å². The SMILES string of the molecule is CCCCOc1ccc(-c2cc(C(=O)NN=Cc3c[nH]c4ccccc34)[nH]n2)cc1. The lowest BCUT2D eigenvalue weighted by atomic mass is 10.1. The molecule has 4 aromatic rings. The van der Waals surface area contributed by atoms with Gasteiger partial charge in [-0.3, -0.25) is 9.89 Å². The molecule has 7 nitrogen and oxygen atoms in total. The summed E-state index contributed by atoms with van der Waals surface area (Å²) in [4.78, 5) is 15.5. The second kappa shape index (κ2) is 9.09. The highest BCUT2D eigenvalue weighted by molar-refractivity contribution is 6.00. The van der Waals surface area contributed by atoms with Crippen LogP contribution >= 0.6 is 0 Å². The fourth-order valence-electron chi connectivity index (χ4n) is 3.06. The number of carbonyl (C=O) groups excluding carboxylic acids is 1. The number of fused-ring (bicyclic) bond motifs is 1. The van der Waals surface area contributed by atoms with Crippen LogP contribution in [0.4, 0.5) is 0 Å². The molecule has 0 unspecified atom stereocenters. The Hall–Kier alpha value is -3.87. The summed E-state index contributed by atoms with van der Waals surface area (Å²) in [5, 5.41) is 12.1. The first kappa shape index (κ1) is 19.4. The van der Waals surface area contributed by atoms with Crippen molar-refractivity contribution in [3.05, 3.63) is 72.1 Å². The van der Waals surface area contributed by atoms with Gasteiger partial charge < -0.3 is 9.72 Å². The molecule has 0 fully saturated rings. The molecule has 0 saturated heterocycles. The van der Waals surface area contributed by atoms with Crippen LogP contribution in [0.1, 0.15) is 35.8 Å². The Kier molecular flexibility index (Phi) is 5.89. The fraction of sp³-hybridized carbons (Fsp3) is 0.174. The molecule has 152 valence electrons. The van der Waals surface area contributed by atoms with E-state index in [0.29, 0.717) is 18.0 Å². The van der Waals surface area contributed by atoms with E-state index in [1.54, 1.807) is 12.3 Å². The van der Waals surface area contributed by atoms with Crippen LogP contribution in [0.5, 0.6) is 5.75 Å². The monoisotopic (exact) mass is 401 g/mol. The van der Waals surface area contributed by atoms with Gasteiger partial charge in [0.1, 0.15) is 11.4 Å². The smallest absolute Gasteiger partial charge is 0.289 e. The predicted octanol–water partition coefficient (Wildman–Crippen LogP) is 4.50. The molecule has 3 N–H and O–H groups in total. The van der Waals surface area contributed by atoms with Crippen LogP contribution in [0.3, 0.4) is 0 Å². The molecule has 0 aliphatic rings. The van der Waals surface area contributed by atoms with Crippen LogP contribution in [-0.2, 0) is 0 Å². The van der Waals surface area contributed by atoms with Gasteiger partial charge >= 0.3 is 0 Å². The highest BCUT2D eigenvalue weighted by Gasteiger charge is 2.11. The van der Waals surface area contributed by atoms with Crippen molar-refractivity contribution in [3.63, 3.8) is 0 Å². The topological polar surface area (TPSA) is 95.2 Å². The lowest BCUT2D eigenvalue weighted by Gasteiger charge is -2.05. The van der Waals surface area contributed by atoms with Gasteiger partial charge in [0.15, 0.2) is 0 Å². The molecule has 4 rings (SSSR count). The highest BCUT2D eigenvalue weighted by atomic mass is 16.5. The maximum Gasteiger partial charge on any atom is 0.289 e. The summed E-state index contributed by atoms with van der Waals surface area (Å²) in [6.45, 7) is 2.84. The average Bonchev–Trinajstić information content (AvgIpc) is 3.42. The fourth-order valence-corrected chi connectivity index (χ4v) is 3.06. The van der Waals surface area contributed by atoms with E-state index in [1.807, 2.05) is 54.7 Å². The number of aromatic amines is 2. The molecule has 0 atom stereocenters. The molecule has 2 heterocycles. The lowest BCUT2D eigenvalue weighted by Crippen LogP contribution is -2.17. The van der Waals surface area contributed by atoms with Gasteiger partial charge in [-0.1, -0.05) is 31.5 Å². The first-order valence-corrected chi connectivity index (χ1v) is 9.93. The van der Waals surface area contributed by atoms with E-state index in [-0.39, 0.29) is 5.91 Å². The molecule has 0 saturated carbocycles. The van der Waals surface area contributed by atoms with Crippen LogP contribution in [0.2, 0.25) is 0 Å². The Balaban J connectivity index is 1.38. The minimum absolute atomic E-state index is 0.337. The zero-order valence-corrected chi connectivity index (χ0v) is 16.7. The van der Waals surface area contributed by atoms with Crippen LogP contribution in [0.15, 0.2) is 65.9 Å². The number of nitrogens with zero attached hydrogens (tertiary/aromatic N) is 2. The van der Waals surface area contributed by atoms with E-state index >= 15 is 0 Å². The molecular formula is C23H23N5O2. The maximum atomic E-state index is 12.4. The van der Waals surface area contributed by atoms with E-state index in [2.05, 4.69) is 32.6 Å². The van der Waals surface area contributed by atoms with Crippen LogP contribution in [0, 0.1) is 0 Å². The molecule has 0 radical (unpaired) electrons. The molecule has 2 aromatic heterocycles. The summed E-state index contributed by atoms with van der Waals surface area (Å²) >= 11 is 0. The summed E-state index contributed by atoms with van der Waals surface area (Å²) in [5.41, 5.74) is 6.37. The Morgan fingerprint density at radius 2 is 2.03 bits per heavy atom. The van der Waals surface area contributed by atoms with Gasteiger partial charge in [-0.15, -0.1) is 0 Å². The molecule has 7 heteroatoms. The summed E-state index contributed by atoms with van der Waals surface area (Å²) in [5.74, 6) is 0.469. The van der Waals surface area contributed by atoms with E-state index < -0.39 is 0 Å². The summed E-state index contributed by atoms with van der Waals surface area (Å²) in [7, 11) is 0. The third-order valence-corrected chi connectivity index (χ3v) is 4.73. The van der Waals surface area contributed by atoms with Crippen molar-refractivity contribution in [3.8, 4) is 17.0 Å². The molecule has 0 bridgehead atoms. The number of nitrogens with one attached hydrogen (secondary N) is 3. The minimum Gasteiger partial charge on any atom is -0.494 e. The minimum atomic E-state index is -0.357. The second-order valence-corrected chi connectivity index (χ2v) is 6.88. The van der Waals surface area contributed by atoms with Crippen LogP contribution in [-0.4, -0.2) is 33.9 Å². The third-order valence-electron chi connectivity index (χ3n) is 4.73. The van der Waals surface area contributed by atoms with Crippen molar-refractivity contribution in [1.82, 2.24) is 20.6 Å². The van der Waals surface area contributed by atoms with E-state index in [4.69, 9.17) is 4.74 Å². The Morgan fingerprint density at radius 1 is 1.20 bits per heavy atom. The number of unbranched alkanes of at least 4 members (excludes halogenated alkanes) is 1. The van der Waals surface area contributed by atoms with Crippen molar-refractivity contribution < 1.29 is 9.53 Å². The number of hydrogen-bond acceptors (Lipinski definition) is 4. The van der Waals surface area contributed by atoms with Gasteiger partial charge in [-0.25, -0.2) is 5.43 Å². The van der Waals surface area contributed by atoms with Gasteiger partial charge in [-0.2, -0.15) is 10.2 Å². The van der Waals surface area contributed by atoms with E-state index in [1.165, 1.54) is 0 Å². The van der Waals surface area contributed by atoms with Crippen molar-refractivity contribution in [2.75, 3.05) is 6.61 Å². The Morgan fingerprint density at radius 3 is 2.87 bits per heavy atom. The quantitative estimate of drug-likeness (QED) is 0.230. The Bertz CT molecular complexity index is 1160. The van der Waals surface area contributed by atoms with Crippen molar-refractivity contribution in [2.24, 2.45) is 5.10 Å². The van der Waals surface area contributed by atoms with Crippen molar-refractivity contribution >= 4 is 23.0 Å². The number of carbonyl (C=O) groups is 1. The maximum absolute atomic E-state index is 12.4. The zero-order valence-electron chi connectivity index (χ0n) is 16.7. The van der Waals surface area contributed by atoms with Crippen LogP contribution < -0.4 is 10.2 Å². The van der Waals surface area contributed by atoms with Gasteiger partial charge in [0.25, 0.3) is 5.91 Å². The number of rotatable bonds is 8.